The zero-order chi connectivity index (χ0) is 18.8. The molecule has 134 valence electrons. The van der Waals surface area contributed by atoms with Gasteiger partial charge in [-0.1, -0.05) is 17.7 Å². The third-order valence-corrected chi connectivity index (χ3v) is 5.04. The van der Waals surface area contributed by atoms with Crippen LogP contribution in [0.3, 0.4) is 0 Å². The lowest BCUT2D eigenvalue weighted by Crippen LogP contribution is -2.27. The van der Waals surface area contributed by atoms with Gasteiger partial charge in [0.15, 0.2) is 5.78 Å². The van der Waals surface area contributed by atoms with Gasteiger partial charge in [0.1, 0.15) is 5.88 Å². The predicted octanol–water partition coefficient (Wildman–Crippen LogP) is 2.30. The first-order valence-corrected chi connectivity index (χ1v) is 9.70. The van der Waals surface area contributed by atoms with Crippen LogP contribution in [-0.2, 0) is 14.8 Å². The number of hydrogen-bond donors (Lipinski definition) is 2. The van der Waals surface area contributed by atoms with Crippen molar-refractivity contribution in [2.45, 2.75) is 13.0 Å². The Morgan fingerprint density at radius 2 is 2.00 bits per heavy atom. The van der Waals surface area contributed by atoms with E-state index in [1.807, 2.05) is 0 Å². The molecule has 1 amide bonds. The normalized spacial score (nSPS) is 17.9. The highest BCUT2D eigenvalue weighted by atomic mass is 35.5. The molecule has 1 aromatic rings. The predicted molar refractivity (Wildman–Crippen MR) is 96.9 cm³/mol. The molecule has 0 aliphatic heterocycles. The number of alkyl halides is 1. The van der Waals surface area contributed by atoms with Gasteiger partial charge in [-0.15, -0.1) is 11.6 Å². The van der Waals surface area contributed by atoms with E-state index in [1.165, 1.54) is 24.3 Å². The van der Waals surface area contributed by atoms with Crippen molar-refractivity contribution < 1.29 is 18.0 Å². The molecule has 0 aromatic heterocycles. The number of allylic oxidation sites excluding steroid dienone is 3. The zero-order valence-corrected chi connectivity index (χ0v) is 15.5. The zero-order valence-electron chi connectivity index (χ0n) is 13.2. The quantitative estimate of drug-likeness (QED) is 0.562. The number of amides is 1. The van der Waals surface area contributed by atoms with E-state index in [4.69, 9.17) is 28.3 Å². The fourth-order valence-electron chi connectivity index (χ4n) is 2.40. The molecule has 2 rings (SSSR count). The van der Waals surface area contributed by atoms with Gasteiger partial charge in [-0.05, 0) is 42.8 Å². The molecule has 1 aliphatic rings. The van der Waals surface area contributed by atoms with Crippen LogP contribution in [-0.4, -0.2) is 26.0 Å². The van der Waals surface area contributed by atoms with Crippen LogP contribution in [0.2, 0.25) is 5.02 Å². The van der Waals surface area contributed by atoms with Crippen LogP contribution in [0.4, 0.5) is 0 Å². The highest BCUT2D eigenvalue weighted by molar-refractivity contribution is 7.93. The summed E-state index contributed by atoms with van der Waals surface area (Å²) in [4.78, 5) is 23.9. The first kappa shape index (κ1) is 19.7. The number of primary sulfonamides is 1. The molecule has 25 heavy (non-hydrogen) atoms. The highest BCUT2D eigenvalue weighted by Gasteiger charge is 2.24. The molecule has 0 spiro atoms. The average Bonchev–Trinajstić information content (AvgIpc) is 3.03. The maximum atomic E-state index is 12.6. The number of hydrogen-bond acceptors (Lipinski definition) is 4. The third-order valence-electron chi connectivity index (χ3n) is 3.65. The topological polar surface area (TPSA) is 106 Å². The second kappa shape index (κ2) is 7.70. The fraction of sp³-hybridized carbons (Fsp3) is 0.250. The molecular formula is C16H16Cl2N2O4S. The van der Waals surface area contributed by atoms with E-state index in [0.717, 1.165) is 0 Å². The van der Waals surface area contributed by atoms with Gasteiger partial charge in [0.05, 0.1) is 16.9 Å². The van der Waals surface area contributed by atoms with Crippen molar-refractivity contribution in [3.05, 3.63) is 57.5 Å². The van der Waals surface area contributed by atoms with Crippen molar-refractivity contribution in [1.82, 2.24) is 5.32 Å². The number of rotatable bonds is 6. The number of benzene rings is 1. The van der Waals surface area contributed by atoms with Gasteiger partial charge in [0, 0.05) is 10.6 Å². The summed E-state index contributed by atoms with van der Waals surface area (Å²) in [5.74, 6) is -1.59. The summed E-state index contributed by atoms with van der Waals surface area (Å²) in [5.41, 5.74) is 0.933. The van der Waals surface area contributed by atoms with Crippen molar-refractivity contribution in [2.24, 2.45) is 11.1 Å². The van der Waals surface area contributed by atoms with E-state index in [2.05, 4.69) is 5.32 Å². The van der Waals surface area contributed by atoms with Crippen molar-refractivity contribution in [1.29, 1.82) is 0 Å². The maximum Gasteiger partial charge on any atom is 0.237 e. The number of halogens is 2. The fourth-order valence-corrected chi connectivity index (χ4v) is 3.33. The molecular weight excluding hydrogens is 387 g/mol. The molecule has 1 aliphatic carbocycles. The summed E-state index contributed by atoms with van der Waals surface area (Å²) in [5, 5.41) is 8.06. The molecule has 0 saturated heterocycles. The van der Waals surface area contributed by atoms with Crippen LogP contribution in [0.15, 0.2) is 41.3 Å². The summed E-state index contributed by atoms with van der Waals surface area (Å²) in [6, 6.07) is 4.32. The molecule has 0 fully saturated rings. The van der Waals surface area contributed by atoms with E-state index >= 15 is 0 Å². The monoisotopic (exact) mass is 402 g/mol. The van der Waals surface area contributed by atoms with Crippen molar-refractivity contribution in [3.8, 4) is 0 Å². The number of Topliss-reactive ketones (excluding diaryl/α,β-unsaturated/α-hetero) is 1. The van der Waals surface area contributed by atoms with Gasteiger partial charge in [-0.25, -0.2) is 13.6 Å². The Kier molecular flexibility index (Phi) is 6.05. The van der Waals surface area contributed by atoms with Crippen molar-refractivity contribution in [3.63, 3.8) is 0 Å². The first-order chi connectivity index (χ1) is 11.6. The minimum Gasteiger partial charge on any atom is -0.349 e. The molecule has 2 atom stereocenters. The smallest absolute Gasteiger partial charge is 0.237 e. The number of nitrogens with two attached hydrogens (primary N) is 1. The summed E-state index contributed by atoms with van der Waals surface area (Å²) in [7, 11) is -3.86. The van der Waals surface area contributed by atoms with Crippen LogP contribution in [0.25, 0.3) is 0 Å². The van der Waals surface area contributed by atoms with E-state index in [9.17, 15) is 18.0 Å². The maximum absolute atomic E-state index is 12.6. The number of carbonyl (C=O) groups is 2. The number of sulfonamides is 1. The average molecular weight is 403 g/mol. The van der Waals surface area contributed by atoms with Gasteiger partial charge in [0.2, 0.25) is 15.9 Å². The molecule has 6 nitrogen and oxygen atoms in total. The van der Waals surface area contributed by atoms with Gasteiger partial charge in [-0.3, -0.25) is 9.59 Å². The van der Waals surface area contributed by atoms with Crippen LogP contribution in [0.5, 0.6) is 0 Å². The van der Waals surface area contributed by atoms with Gasteiger partial charge < -0.3 is 5.32 Å². The number of carbonyl (C=O) groups excluding carboxylic acids is 2. The Bertz CT molecular complexity index is 878. The summed E-state index contributed by atoms with van der Waals surface area (Å²) < 4.78 is 22.7. The molecule has 0 heterocycles. The minimum absolute atomic E-state index is 0.101. The molecule has 3 N–H and O–H groups in total. The Balaban J connectivity index is 2.28. The molecule has 2 unspecified atom stereocenters. The molecule has 1 aromatic carbocycles. The third kappa shape index (κ3) is 4.92. The van der Waals surface area contributed by atoms with Gasteiger partial charge >= 0.3 is 0 Å². The molecule has 0 radical (unpaired) electrons. The van der Waals surface area contributed by atoms with E-state index in [-0.39, 0.29) is 22.5 Å². The van der Waals surface area contributed by atoms with Crippen LogP contribution < -0.4 is 10.5 Å². The summed E-state index contributed by atoms with van der Waals surface area (Å²) in [6.07, 6.45) is 4.05. The van der Waals surface area contributed by atoms with E-state index in [0.29, 0.717) is 16.1 Å². The Labute approximate surface area is 155 Å². The van der Waals surface area contributed by atoms with E-state index < -0.39 is 22.0 Å². The van der Waals surface area contributed by atoms with Crippen LogP contribution in [0.1, 0.15) is 28.9 Å². The van der Waals surface area contributed by atoms with Crippen LogP contribution >= 0.6 is 23.2 Å². The Hall–Kier alpha value is -1.67. The lowest BCUT2D eigenvalue weighted by Gasteiger charge is -2.15. The summed E-state index contributed by atoms with van der Waals surface area (Å²) >= 11 is 11.5. The van der Waals surface area contributed by atoms with Crippen molar-refractivity contribution in [2.75, 3.05) is 5.88 Å². The van der Waals surface area contributed by atoms with Gasteiger partial charge in [0.25, 0.3) is 0 Å². The number of ketones is 1. The first-order valence-electron chi connectivity index (χ1n) is 7.24. The van der Waals surface area contributed by atoms with Crippen molar-refractivity contribution >= 4 is 44.9 Å². The second-order valence-electron chi connectivity index (χ2n) is 5.56. The van der Waals surface area contributed by atoms with Gasteiger partial charge in [-0.2, -0.15) is 0 Å². The molecule has 9 heteroatoms. The summed E-state index contributed by atoms with van der Waals surface area (Å²) in [6.45, 7) is 1.73. The largest absolute Gasteiger partial charge is 0.349 e. The minimum atomic E-state index is -3.86. The standard InChI is InChI=1S/C16H16Cl2N2O4S/c1-9(20-15(21)8-17)11-4-12(6-13(18)5-11)16(22)10-2-3-14(7-10)25(19,23)24/h2-7,9-10H,8H2,1H3,(H,20,21)(H2,19,23,24). The Morgan fingerprint density at radius 1 is 1.32 bits per heavy atom. The van der Waals surface area contributed by atoms with E-state index in [1.54, 1.807) is 19.1 Å². The SMILES string of the molecule is CC(NC(=O)CCl)c1cc(Cl)cc(C(=O)C2C=CC(S(N)(=O)=O)=C2)c1. The molecule has 0 saturated carbocycles. The lowest BCUT2D eigenvalue weighted by molar-refractivity contribution is -0.119. The second-order valence-corrected chi connectivity index (χ2v) is 7.82. The van der Waals surface area contributed by atoms with Crippen LogP contribution in [0, 0.1) is 5.92 Å². The Morgan fingerprint density at radius 3 is 2.56 bits per heavy atom. The lowest BCUT2D eigenvalue weighted by atomic mass is 9.96. The highest BCUT2D eigenvalue weighted by Crippen LogP contribution is 2.26. The molecule has 0 bridgehead atoms. The number of nitrogens with one attached hydrogen (secondary N) is 1.